The fraction of sp³-hybridized carbons (Fsp3) is 0.727. The SMILES string of the molecule is CCCCC/C=C\C=C\OC(=O)CCCCCCCOC(=O)C(C)(C)C. The van der Waals surface area contributed by atoms with Gasteiger partial charge in [-0.1, -0.05) is 51.2 Å². The Bertz CT molecular complexity index is 430. The van der Waals surface area contributed by atoms with Gasteiger partial charge in [-0.2, -0.15) is 0 Å². The van der Waals surface area contributed by atoms with Crippen molar-refractivity contribution in [2.45, 2.75) is 91.9 Å². The lowest BCUT2D eigenvalue weighted by atomic mass is 9.97. The smallest absolute Gasteiger partial charge is 0.311 e. The van der Waals surface area contributed by atoms with Gasteiger partial charge in [-0.05, 0) is 52.5 Å². The lowest BCUT2D eigenvalue weighted by Crippen LogP contribution is -2.23. The van der Waals surface area contributed by atoms with E-state index in [-0.39, 0.29) is 11.9 Å². The molecular weight excluding hydrogens is 328 g/mol. The zero-order valence-electron chi connectivity index (χ0n) is 17.2. The maximum absolute atomic E-state index is 11.6. The quantitative estimate of drug-likeness (QED) is 0.161. The number of carbonyl (C=O) groups excluding carboxylic acids is 2. The summed E-state index contributed by atoms with van der Waals surface area (Å²) in [7, 11) is 0. The number of rotatable bonds is 14. The molecule has 0 radical (unpaired) electrons. The molecule has 0 aromatic heterocycles. The molecule has 0 N–H and O–H groups in total. The van der Waals surface area contributed by atoms with Crippen molar-refractivity contribution in [3.05, 3.63) is 24.5 Å². The van der Waals surface area contributed by atoms with Crippen molar-refractivity contribution >= 4 is 11.9 Å². The van der Waals surface area contributed by atoms with Gasteiger partial charge in [-0.3, -0.25) is 9.59 Å². The minimum absolute atomic E-state index is 0.149. The van der Waals surface area contributed by atoms with Gasteiger partial charge in [0.2, 0.25) is 0 Å². The molecule has 0 bridgehead atoms. The molecule has 150 valence electrons. The van der Waals surface area contributed by atoms with Gasteiger partial charge >= 0.3 is 11.9 Å². The molecule has 0 saturated heterocycles. The van der Waals surface area contributed by atoms with Crippen molar-refractivity contribution in [3.63, 3.8) is 0 Å². The highest BCUT2D eigenvalue weighted by atomic mass is 16.5. The van der Waals surface area contributed by atoms with Crippen LogP contribution in [0.4, 0.5) is 0 Å². The summed E-state index contributed by atoms with van der Waals surface area (Å²) in [6, 6.07) is 0. The molecule has 0 spiro atoms. The van der Waals surface area contributed by atoms with E-state index >= 15 is 0 Å². The van der Waals surface area contributed by atoms with Crippen LogP contribution in [0.1, 0.15) is 91.9 Å². The molecule has 0 saturated carbocycles. The van der Waals surface area contributed by atoms with E-state index in [1.54, 1.807) is 6.08 Å². The van der Waals surface area contributed by atoms with E-state index in [1.165, 1.54) is 25.5 Å². The van der Waals surface area contributed by atoms with E-state index in [0.717, 1.165) is 38.5 Å². The van der Waals surface area contributed by atoms with Crippen LogP contribution in [0.3, 0.4) is 0 Å². The molecule has 0 aliphatic rings. The first-order valence-corrected chi connectivity index (χ1v) is 10.1. The van der Waals surface area contributed by atoms with Crippen molar-refractivity contribution in [1.29, 1.82) is 0 Å². The first-order chi connectivity index (χ1) is 12.4. The van der Waals surface area contributed by atoms with Gasteiger partial charge in [0.1, 0.15) is 0 Å². The maximum atomic E-state index is 11.6. The van der Waals surface area contributed by atoms with Crippen molar-refractivity contribution in [2.75, 3.05) is 6.61 Å². The number of hydrogen-bond donors (Lipinski definition) is 0. The molecule has 0 fully saturated rings. The van der Waals surface area contributed by atoms with Crippen LogP contribution in [0.25, 0.3) is 0 Å². The predicted octanol–water partition coefficient (Wildman–Crippen LogP) is 6.11. The Labute approximate surface area is 160 Å². The Balaban J connectivity index is 3.48. The molecule has 4 heteroatoms. The number of ether oxygens (including phenoxy) is 2. The predicted molar refractivity (Wildman–Crippen MR) is 107 cm³/mol. The Morgan fingerprint density at radius 1 is 0.885 bits per heavy atom. The molecule has 0 atom stereocenters. The van der Waals surface area contributed by atoms with Crippen molar-refractivity contribution in [2.24, 2.45) is 5.41 Å². The topological polar surface area (TPSA) is 52.6 Å². The van der Waals surface area contributed by atoms with Gasteiger partial charge in [0.05, 0.1) is 18.3 Å². The summed E-state index contributed by atoms with van der Waals surface area (Å²) in [6.45, 7) is 8.23. The normalized spacial score (nSPS) is 12.0. The van der Waals surface area contributed by atoms with Gasteiger partial charge < -0.3 is 9.47 Å². The molecule has 0 aromatic carbocycles. The van der Waals surface area contributed by atoms with Crippen molar-refractivity contribution in [3.8, 4) is 0 Å². The van der Waals surface area contributed by atoms with E-state index in [9.17, 15) is 9.59 Å². The molecule has 4 nitrogen and oxygen atoms in total. The number of carbonyl (C=O) groups is 2. The second-order valence-corrected chi connectivity index (χ2v) is 7.65. The monoisotopic (exact) mass is 366 g/mol. The zero-order chi connectivity index (χ0) is 19.7. The van der Waals surface area contributed by atoms with Crippen molar-refractivity contribution < 1.29 is 19.1 Å². The fourth-order valence-electron chi connectivity index (χ4n) is 2.19. The van der Waals surface area contributed by atoms with E-state index in [1.807, 2.05) is 26.8 Å². The summed E-state index contributed by atoms with van der Waals surface area (Å²) in [4.78, 5) is 23.1. The van der Waals surface area contributed by atoms with Gasteiger partial charge in [-0.25, -0.2) is 0 Å². The average Bonchev–Trinajstić information content (AvgIpc) is 2.58. The molecule has 0 aliphatic heterocycles. The lowest BCUT2D eigenvalue weighted by Gasteiger charge is -2.16. The minimum atomic E-state index is -0.431. The third kappa shape index (κ3) is 15.9. The molecule has 26 heavy (non-hydrogen) atoms. The Kier molecular flexibility index (Phi) is 14.7. The molecule has 0 heterocycles. The average molecular weight is 367 g/mol. The first-order valence-electron chi connectivity index (χ1n) is 10.1. The van der Waals surface area contributed by atoms with Crippen molar-refractivity contribution in [1.82, 2.24) is 0 Å². The van der Waals surface area contributed by atoms with Crippen LogP contribution in [-0.4, -0.2) is 18.5 Å². The summed E-state index contributed by atoms with van der Waals surface area (Å²) in [5.74, 6) is -0.330. The van der Waals surface area contributed by atoms with Crippen LogP contribution in [0.15, 0.2) is 24.5 Å². The van der Waals surface area contributed by atoms with Crippen LogP contribution in [0.2, 0.25) is 0 Å². The molecule has 0 rings (SSSR count). The van der Waals surface area contributed by atoms with Gasteiger partial charge in [0.25, 0.3) is 0 Å². The third-order valence-electron chi connectivity index (χ3n) is 3.87. The summed E-state index contributed by atoms with van der Waals surface area (Å²) >= 11 is 0. The highest BCUT2D eigenvalue weighted by molar-refractivity contribution is 5.75. The summed E-state index contributed by atoms with van der Waals surface area (Å²) in [5, 5.41) is 0. The number of esters is 2. The fourth-order valence-corrected chi connectivity index (χ4v) is 2.19. The van der Waals surface area contributed by atoms with Crippen LogP contribution in [0, 0.1) is 5.41 Å². The van der Waals surface area contributed by atoms with Crippen LogP contribution < -0.4 is 0 Å². The van der Waals surface area contributed by atoms with E-state index in [4.69, 9.17) is 9.47 Å². The van der Waals surface area contributed by atoms with Crippen LogP contribution >= 0.6 is 0 Å². The maximum Gasteiger partial charge on any atom is 0.311 e. The highest BCUT2D eigenvalue weighted by Gasteiger charge is 2.22. The Morgan fingerprint density at radius 2 is 1.58 bits per heavy atom. The third-order valence-corrected chi connectivity index (χ3v) is 3.87. The Hall–Kier alpha value is -1.58. The molecule has 0 aromatic rings. The standard InChI is InChI=1S/C22H38O4/c1-5-6-7-8-9-12-15-18-25-20(23)17-14-11-10-13-16-19-26-21(24)22(2,3)4/h9,12,15,18H,5-8,10-11,13-14,16-17,19H2,1-4H3/b12-9-,18-15+. The summed E-state index contributed by atoms with van der Waals surface area (Å²) < 4.78 is 10.3. The summed E-state index contributed by atoms with van der Waals surface area (Å²) in [6.07, 6.45) is 17.2. The van der Waals surface area contributed by atoms with Gasteiger partial charge in [0.15, 0.2) is 0 Å². The largest absolute Gasteiger partial charge is 0.465 e. The van der Waals surface area contributed by atoms with E-state index in [0.29, 0.717) is 13.0 Å². The molecule has 0 aliphatic carbocycles. The highest BCUT2D eigenvalue weighted by Crippen LogP contribution is 2.15. The van der Waals surface area contributed by atoms with Crippen LogP contribution in [0.5, 0.6) is 0 Å². The lowest BCUT2D eigenvalue weighted by molar-refractivity contribution is -0.153. The molecular formula is C22H38O4. The van der Waals surface area contributed by atoms with E-state index < -0.39 is 5.41 Å². The van der Waals surface area contributed by atoms with Gasteiger partial charge in [0, 0.05) is 6.42 Å². The second kappa shape index (κ2) is 15.7. The Morgan fingerprint density at radius 3 is 2.27 bits per heavy atom. The molecule has 0 unspecified atom stereocenters. The number of allylic oxidation sites excluding steroid dienone is 3. The minimum Gasteiger partial charge on any atom is -0.465 e. The second-order valence-electron chi connectivity index (χ2n) is 7.65. The summed E-state index contributed by atoms with van der Waals surface area (Å²) in [5.41, 5.74) is -0.431. The zero-order valence-corrected chi connectivity index (χ0v) is 17.2. The van der Waals surface area contributed by atoms with Crippen LogP contribution in [-0.2, 0) is 19.1 Å². The van der Waals surface area contributed by atoms with Gasteiger partial charge in [-0.15, -0.1) is 0 Å². The van der Waals surface area contributed by atoms with E-state index in [2.05, 4.69) is 13.0 Å². The molecule has 0 amide bonds. The first kappa shape index (κ1) is 24.4. The number of hydrogen-bond acceptors (Lipinski definition) is 4. The number of unbranched alkanes of at least 4 members (excludes halogenated alkanes) is 7.